The topological polar surface area (TPSA) is 107 Å². The Hall–Kier alpha value is -3.72. The van der Waals surface area contributed by atoms with Gasteiger partial charge in [-0.15, -0.1) is 0 Å². The van der Waals surface area contributed by atoms with Gasteiger partial charge in [0.15, 0.2) is 6.61 Å². The number of aliphatic imine (C=N–C) groups is 1. The predicted molar refractivity (Wildman–Crippen MR) is 128 cm³/mol. The van der Waals surface area contributed by atoms with E-state index in [0.29, 0.717) is 11.1 Å². The lowest BCUT2D eigenvalue weighted by molar-refractivity contribution is -0.140. The number of esters is 1. The number of aromatic nitrogens is 1. The first-order valence-corrected chi connectivity index (χ1v) is 12.2. The molecule has 1 aromatic heterocycles. The Morgan fingerprint density at radius 1 is 1.00 bits per heavy atom. The number of amidine groups is 1. The highest BCUT2D eigenvalue weighted by Gasteiger charge is 2.30. The van der Waals surface area contributed by atoms with Crippen molar-refractivity contribution < 1.29 is 22.7 Å². The van der Waals surface area contributed by atoms with Crippen LogP contribution in [0.2, 0.25) is 0 Å². The van der Waals surface area contributed by atoms with Crippen LogP contribution in [0, 0.1) is 27.7 Å². The Bertz CT molecular complexity index is 1450. The number of hydrogen-bond donors (Lipinski definition) is 1. The third-order valence-corrected chi connectivity index (χ3v) is 7.27. The van der Waals surface area contributed by atoms with Crippen LogP contribution >= 0.6 is 0 Å². The van der Waals surface area contributed by atoms with Crippen molar-refractivity contribution in [1.29, 1.82) is 0 Å². The van der Waals surface area contributed by atoms with Gasteiger partial charge >= 0.3 is 5.97 Å². The lowest BCUT2D eigenvalue weighted by atomic mass is 10.1. The molecular weight excluding hydrogens is 454 g/mol. The van der Waals surface area contributed by atoms with E-state index >= 15 is 0 Å². The number of aryl methyl sites for hydroxylation is 3. The number of Topliss-reactive ketones (excluding diaryl/α,β-unsaturated/α-hetero) is 1. The zero-order valence-electron chi connectivity index (χ0n) is 19.4. The number of sulfonamides is 1. The second kappa shape index (κ2) is 8.90. The van der Waals surface area contributed by atoms with Crippen LogP contribution < -0.4 is 4.72 Å². The minimum absolute atomic E-state index is 0.0795. The first-order valence-electron chi connectivity index (χ1n) is 10.7. The van der Waals surface area contributed by atoms with Gasteiger partial charge in [0, 0.05) is 28.2 Å². The van der Waals surface area contributed by atoms with E-state index in [1.807, 2.05) is 44.4 Å². The van der Waals surface area contributed by atoms with Gasteiger partial charge < -0.3 is 9.30 Å². The van der Waals surface area contributed by atoms with Crippen LogP contribution in [0.3, 0.4) is 0 Å². The third-order valence-electron chi connectivity index (χ3n) is 5.87. The number of benzene rings is 2. The molecule has 0 bridgehead atoms. The molecule has 2 aromatic carbocycles. The van der Waals surface area contributed by atoms with E-state index in [1.54, 1.807) is 24.3 Å². The quantitative estimate of drug-likeness (QED) is 0.432. The molecule has 1 aliphatic rings. The molecule has 0 aliphatic carbocycles. The monoisotopic (exact) mass is 479 g/mol. The van der Waals surface area contributed by atoms with Gasteiger partial charge in [-0.3, -0.25) is 19.3 Å². The average Bonchev–Trinajstić information content (AvgIpc) is 3.24. The Labute approximate surface area is 198 Å². The summed E-state index contributed by atoms with van der Waals surface area (Å²) < 4.78 is 33.7. The highest BCUT2D eigenvalue weighted by atomic mass is 32.2. The molecular formula is C25H25N3O5S. The zero-order chi connectivity index (χ0) is 24.6. The van der Waals surface area contributed by atoms with Gasteiger partial charge in [-0.05, 0) is 69.2 Å². The van der Waals surface area contributed by atoms with Crippen LogP contribution in [0.4, 0.5) is 0 Å². The zero-order valence-corrected chi connectivity index (χ0v) is 20.2. The molecule has 0 radical (unpaired) electrons. The minimum Gasteiger partial charge on any atom is -0.456 e. The van der Waals surface area contributed by atoms with Gasteiger partial charge in [0.05, 0.1) is 4.90 Å². The summed E-state index contributed by atoms with van der Waals surface area (Å²) in [5, 5.41) is 0. The number of rotatable bonds is 6. The number of hydrogen-bond acceptors (Lipinski definition) is 6. The molecule has 176 valence electrons. The summed E-state index contributed by atoms with van der Waals surface area (Å²) in [4.78, 5) is 29.1. The summed E-state index contributed by atoms with van der Waals surface area (Å²) in [6.45, 7) is 7.01. The van der Waals surface area contributed by atoms with Crippen LogP contribution in [0.15, 0.2) is 58.4 Å². The molecule has 0 spiro atoms. The summed E-state index contributed by atoms with van der Waals surface area (Å²) in [6, 6.07) is 14.3. The first-order chi connectivity index (χ1) is 16.1. The second-order valence-corrected chi connectivity index (χ2v) is 9.89. The standard InChI is InChI=1S/C25H25N3O5S/c1-15-9-10-19(11-16(15)2)28-17(3)12-21(18(28)4)22(29)14-33-24(30)13-26-25-20-7-5-6-8-23(20)34(31,32)27-25/h5-12H,13-14H2,1-4H3,(H,26,27). The number of ether oxygens (including phenoxy) is 1. The maximum atomic E-state index is 12.8. The number of nitrogens with zero attached hydrogens (tertiary/aromatic N) is 2. The molecule has 0 saturated carbocycles. The molecule has 0 unspecified atom stereocenters. The smallest absolute Gasteiger partial charge is 0.328 e. The molecule has 34 heavy (non-hydrogen) atoms. The van der Waals surface area contributed by atoms with Gasteiger partial charge in [-0.25, -0.2) is 8.42 Å². The van der Waals surface area contributed by atoms with Gasteiger partial charge in [0.2, 0.25) is 5.78 Å². The maximum Gasteiger partial charge on any atom is 0.328 e. The Balaban J connectivity index is 1.43. The molecule has 9 heteroatoms. The van der Waals surface area contributed by atoms with Crippen molar-refractivity contribution in [2.24, 2.45) is 4.99 Å². The molecule has 0 atom stereocenters. The van der Waals surface area contributed by atoms with Gasteiger partial charge in [-0.1, -0.05) is 18.2 Å². The minimum atomic E-state index is -3.69. The van der Waals surface area contributed by atoms with E-state index < -0.39 is 29.1 Å². The Morgan fingerprint density at radius 3 is 2.47 bits per heavy atom. The molecule has 0 fully saturated rings. The lowest BCUT2D eigenvalue weighted by Gasteiger charge is -2.12. The average molecular weight is 480 g/mol. The highest BCUT2D eigenvalue weighted by Crippen LogP contribution is 2.24. The molecule has 1 N–H and O–H groups in total. The van der Waals surface area contributed by atoms with Gasteiger partial charge in [0.1, 0.15) is 12.4 Å². The summed E-state index contributed by atoms with van der Waals surface area (Å²) in [7, 11) is -3.69. The number of carbonyl (C=O) groups is 2. The Morgan fingerprint density at radius 2 is 1.74 bits per heavy atom. The second-order valence-electron chi connectivity index (χ2n) is 8.24. The van der Waals surface area contributed by atoms with Crippen molar-refractivity contribution in [1.82, 2.24) is 9.29 Å². The summed E-state index contributed by atoms with van der Waals surface area (Å²) in [6.07, 6.45) is 0. The largest absolute Gasteiger partial charge is 0.456 e. The van der Waals surface area contributed by atoms with E-state index in [2.05, 4.69) is 15.8 Å². The third kappa shape index (κ3) is 4.38. The number of ketones is 1. The van der Waals surface area contributed by atoms with E-state index in [4.69, 9.17) is 4.74 Å². The summed E-state index contributed by atoms with van der Waals surface area (Å²) in [5.41, 5.74) is 5.84. The normalized spacial score (nSPS) is 15.1. The van der Waals surface area contributed by atoms with Crippen molar-refractivity contribution in [3.05, 3.63) is 82.2 Å². The van der Waals surface area contributed by atoms with Crippen molar-refractivity contribution in [2.75, 3.05) is 13.2 Å². The number of nitrogens with one attached hydrogen (secondary N) is 1. The maximum absolute atomic E-state index is 12.8. The fourth-order valence-electron chi connectivity index (χ4n) is 3.97. The van der Waals surface area contributed by atoms with Gasteiger partial charge in [-0.2, -0.15) is 0 Å². The first kappa shape index (κ1) is 23.4. The molecule has 2 heterocycles. The van der Waals surface area contributed by atoms with Gasteiger partial charge in [0.25, 0.3) is 10.0 Å². The molecule has 8 nitrogen and oxygen atoms in total. The Kier molecular flexibility index (Phi) is 6.14. The number of fused-ring (bicyclic) bond motifs is 1. The molecule has 3 aromatic rings. The molecule has 4 rings (SSSR count). The van der Waals surface area contributed by atoms with Crippen molar-refractivity contribution >= 4 is 27.6 Å². The molecule has 0 saturated heterocycles. The number of carbonyl (C=O) groups excluding carboxylic acids is 2. The molecule has 0 amide bonds. The SMILES string of the molecule is Cc1ccc(-n2c(C)cc(C(=O)COC(=O)CN=C3NS(=O)(=O)c4ccccc43)c2C)cc1C. The fraction of sp³-hybridized carbons (Fsp3) is 0.240. The van der Waals surface area contributed by atoms with E-state index in [-0.39, 0.29) is 16.5 Å². The van der Waals surface area contributed by atoms with Crippen molar-refractivity contribution in [2.45, 2.75) is 32.6 Å². The highest BCUT2D eigenvalue weighted by molar-refractivity contribution is 7.90. The van der Waals surface area contributed by atoms with Crippen LogP contribution in [0.1, 0.15) is 38.4 Å². The van der Waals surface area contributed by atoms with E-state index in [9.17, 15) is 18.0 Å². The fourth-order valence-corrected chi connectivity index (χ4v) is 5.22. The summed E-state index contributed by atoms with van der Waals surface area (Å²) >= 11 is 0. The van der Waals surface area contributed by atoms with Crippen LogP contribution in [-0.4, -0.2) is 43.7 Å². The van der Waals surface area contributed by atoms with Crippen molar-refractivity contribution in [3.63, 3.8) is 0 Å². The van der Waals surface area contributed by atoms with E-state index in [0.717, 1.165) is 22.6 Å². The van der Waals surface area contributed by atoms with Crippen LogP contribution in [0.25, 0.3) is 5.69 Å². The van der Waals surface area contributed by atoms with E-state index in [1.165, 1.54) is 11.6 Å². The van der Waals surface area contributed by atoms with Crippen LogP contribution in [-0.2, 0) is 19.6 Å². The summed E-state index contributed by atoms with van der Waals surface area (Å²) in [5.74, 6) is -0.973. The van der Waals surface area contributed by atoms with Crippen LogP contribution in [0.5, 0.6) is 0 Å². The lowest BCUT2D eigenvalue weighted by Crippen LogP contribution is -2.24. The van der Waals surface area contributed by atoms with Crippen molar-refractivity contribution in [3.8, 4) is 5.69 Å². The molecule has 1 aliphatic heterocycles. The predicted octanol–water partition coefficient (Wildman–Crippen LogP) is 3.18.